The molecule has 1 aliphatic heterocycles. The van der Waals surface area contributed by atoms with E-state index in [1.807, 2.05) is 42.5 Å². The lowest BCUT2D eigenvalue weighted by Crippen LogP contribution is -2.29. The molecular formula is C23H24N4O4S. The number of carbonyl (C=O) groups is 2. The maximum absolute atomic E-state index is 12.6. The number of hydrogen-bond donors (Lipinski definition) is 2. The standard InChI is InChI=1S/C23H24N4O4S/c1-30-19-9-5-6-10-20(19)31-13-22(29)25-23-17-14-32-15-18(17)26-27(23)12-21(28)24-11-16-7-3-2-4-8-16/h2-10H,11-15H2,1H3,(H,24,28)(H,25,29). The van der Waals surface area contributed by atoms with Gasteiger partial charge in [0, 0.05) is 23.6 Å². The van der Waals surface area contributed by atoms with Crippen LogP contribution in [0.4, 0.5) is 5.82 Å². The molecule has 8 nitrogen and oxygen atoms in total. The Morgan fingerprint density at radius 2 is 1.78 bits per heavy atom. The molecule has 2 amide bonds. The van der Waals surface area contributed by atoms with E-state index in [2.05, 4.69) is 15.7 Å². The summed E-state index contributed by atoms with van der Waals surface area (Å²) in [5, 5.41) is 10.3. The van der Waals surface area contributed by atoms with Crippen molar-refractivity contribution in [2.24, 2.45) is 0 Å². The summed E-state index contributed by atoms with van der Waals surface area (Å²) >= 11 is 1.73. The Balaban J connectivity index is 1.39. The van der Waals surface area contributed by atoms with Crippen LogP contribution in [0.15, 0.2) is 54.6 Å². The molecule has 32 heavy (non-hydrogen) atoms. The zero-order valence-corrected chi connectivity index (χ0v) is 18.5. The van der Waals surface area contributed by atoms with Gasteiger partial charge in [-0.25, -0.2) is 4.68 Å². The second kappa shape index (κ2) is 10.2. The number of fused-ring (bicyclic) bond motifs is 1. The van der Waals surface area contributed by atoms with Gasteiger partial charge in [0.25, 0.3) is 5.91 Å². The van der Waals surface area contributed by atoms with E-state index in [0.29, 0.717) is 23.9 Å². The van der Waals surface area contributed by atoms with E-state index in [-0.39, 0.29) is 25.0 Å². The number of nitrogens with one attached hydrogen (secondary N) is 2. The lowest BCUT2D eigenvalue weighted by atomic mass is 10.2. The minimum absolute atomic E-state index is 0.0213. The SMILES string of the molecule is COc1ccccc1OCC(=O)Nc1c2c(nn1CC(=O)NCc1ccccc1)CSC2. The predicted molar refractivity (Wildman–Crippen MR) is 123 cm³/mol. The minimum atomic E-state index is -0.332. The zero-order chi connectivity index (χ0) is 22.3. The number of amides is 2. The molecule has 0 radical (unpaired) electrons. The summed E-state index contributed by atoms with van der Waals surface area (Å²) in [5.41, 5.74) is 2.87. The number of aromatic nitrogens is 2. The molecule has 1 aliphatic rings. The van der Waals surface area contributed by atoms with Gasteiger partial charge in [-0.05, 0) is 17.7 Å². The molecule has 2 N–H and O–H groups in total. The number of hydrogen-bond acceptors (Lipinski definition) is 6. The van der Waals surface area contributed by atoms with Crippen LogP contribution < -0.4 is 20.1 Å². The molecule has 9 heteroatoms. The Morgan fingerprint density at radius 3 is 2.56 bits per heavy atom. The van der Waals surface area contributed by atoms with Crippen molar-refractivity contribution in [3.05, 3.63) is 71.4 Å². The molecule has 2 heterocycles. The van der Waals surface area contributed by atoms with Crippen molar-refractivity contribution in [3.63, 3.8) is 0 Å². The third-order valence-corrected chi connectivity index (χ3v) is 5.90. The highest BCUT2D eigenvalue weighted by Crippen LogP contribution is 2.34. The fourth-order valence-electron chi connectivity index (χ4n) is 3.36. The Kier molecular flexibility index (Phi) is 6.96. The maximum atomic E-state index is 12.6. The van der Waals surface area contributed by atoms with Gasteiger partial charge in [0.1, 0.15) is 12.4 Å². The molecule has 166 valence electrons. The van der Waals surface area contributed by atoms with Crippen molar-refractivity contribution in [1.82, 2.24) is 15.1 Å². The lowest BCUT2D eigenvalue weighted by Gasteiger charge is -2.13. The number of methoxy groups -OCH3 is 1. The molecule has 0 unspecified atom stereocenters. The molecular weight excluding hydrogens is 428 g/mol. The first-order valence-electron chi connectivity index (χ1n) is 10.2. The van der Waals surface area contributed by atoms with Gasteiger partial charge in [0.05, 0.1) is 12.8 Å². The van der Waals surface area contributed by atoms with Crippen LogP contribution in [0, 0.1) is 0 Å². The van der Waals surface area contributed by atoms with Gasteiger partial charge in [0.15, 0.2) is 18.1 Å². The molecule has 0 saturated carbocycles. The number of anilines is 1. The van der Waals surface area contributed by atoms with Crippen molar-refractivity contribution in [2.45, 2.75) is 24.6 Å². The Morgan fingerprint density at radius 1 is 1.03 bits per heavy atom. The van der Waals surface area contributed by atoms with E-state index >= 15 is 0 Å². The van der Waals surface area contributed by atoms with Crippen molar-refractivity contribution >= 4 is 29.4 Å². The van der Waals surface area contributed by atoms with Gasteiger partial charge in [-0.1, -0.05) is 42.5 Å². The minimum Gasteiger partial charge on any atom is -0.493 e. The molecule has 0 atom stereocenters. The molecule has 2 aromatic carbocycles. The average Bonchev–Trinajstić information content (AvgIpc) is 3.39. The van der Waals surface area contributed by atoms with E-state index in [4.69, 9.17) is 9.47 Å². The number of carbonyl (C=O) groups excluding carboxylic acids is 2. The highest BCUT2D eigenvalue weighted by molar-refractivity contribution is 7.98. The van der Waals surface area contributed by atoms with E-state index in [0.717, 1.165) is 28.3 Å². The number of thioether (sulfide) groups is 1. The van der Waals surface area contributed by atoms with Crippen LogP contribution >= 0.6 is 11.8 Å². The first-order valence-corrected chi connectivity index (χ1v) is 11.3. The maximum Gasteiger partial charge on any atom is 0.263 e. The van der Waals surface area contributed by atoms with Crippen LogP contribution in [0.5, 0.6) is 11.5 Å². The van der Waals surface area contributed by atoms with Crippen molar-refractivity contribution < 1.29 is 19.1 Å². The van der Waals surface area contributed by atoms with Gasteiger partial charge in [-0.15, -0.1) is 0 Å². The van der Waals surface area contributed by atoms with Crippen LogP contribution in [0.25, 0.3) is 0 Å². The highest BCUT2D eigenvalue weighted by Gasteiger charge is 2.25. The number of nitrogens with zero attached hydrogens (tertiary/aromatic N) is 2. The Bertz CT molecular complexity index is 1100. The second-order valence-electron chi connectivity index (χ2n) is 7.17. The molecule has 0 fully saturated rings. The summed E-state index contributed by atoms with van der Waals surface area (Å²) in [7, 11) is 1.55. The van der Waals surface area contributed by atoms with E-state index in [9.17, 15) is 9.59 Å². The van der Waals surface area contributed by atoms with Crippen LogP contribution in [-0.4, -0.2) is 35.3 Å². The van der Waals surface area contributed by atoms with Crippen LogP contribution in [-0.2, 0) is 34.2 Å². The van der Waals surface area contributed by atoms with Gasteiger partial charge in [-0.3, -0.25) is 9.59 Å². The van der Waals surface area contributed by atoms with Crippen LogP contribution in [0.3, 0.4) is 0 Å². The fourth-order valence-corrected chi connectivity index (χ4v) is 4.39. The number of ether oxygens (including phenoxy) is 2. The van der Waals surface area contributed by atoms with Gasteiger partial charge in [0.2, 0.25) is 5.91 Å². The summed E-state index contributed by atoms with van der Waals surface area (Å²) in [6.07, 6.45) is 0. The van der Waals surface area contributed by atoms with Crippen molar-refractivity contribution in [1.29, 1.82) is 0 Å². The zero-order valence-electron chi connectivity index (χ0n) is 17.7. The summed E-state index contributed by atoms with van der Waals surface area (Å²) in [6.45, 7) is 0.270. The number of benzene rings is 2. The summed E-state index contributed by atoms with van der Waals surface area (Å²) in [4.78, 5) is 25.1. The molecule has 0 aliphatic carbocycles. The average molecular weight is 453 g/mol. The van der Waals surface area contributed by atoms with E-state index in [1.165, 1.54) is 0 Å². The molecule has 1 aromatic heterocycles. The van der Waals surface area contributed by atoms with Crippen molar-refractivity contribution in [3.8, 4) is 11.5 Å². The van der Waals surface area contributed by atoms with Gasteiger partial charge >= 0.3 is 0 Å². The normalized spacial score (nSPS) is 12.2. The molecule has 0 spiro atoms. The fraction of sp³-hybridized carbons (Fsp3) is 0.261. The van der Waals surface area contributed by atoms with Gasteiger partial charge < -0.3 is 20.1 Å². The largest absolute Gasteiger partial charge is 0.493 e. The first-order chi connectivity index (χ1) is 15.6. The summed E-state index contributed by atoms with van der Waals surface area (Å²) in [5.74, 6) is 2.58. The molecule has 0 saturated heterocycles. The first kappa shape index (κ1) is 21.8. The summed E-state index contributed by atoms with van der Waals surface area (Å²) < 4.78 is 12.4. The number of rotatable bonds is 9. The lowest BCUT2D eigenvalue weighted by molar-refractivity contribution is -0.122. The highest BCUT2D eigenvalue weighted by atomic mass is 32.2. The number of para-hydroxylation sites is 2. The quantitative estimate of drug-likeness (QED) is 0.518. The third kappa shape index (κ3) is 5.23. The van der Waals surface area contributed by atoms with Gasteiger partial charge in [-0.2, -0.15) is 16.9 Å². The van der Waals surface area contributed by atoms with Crippen molar-refractivity contribution in [2.75, 3.05) is 19.0 Å². The monoisotopic (exact) mass is 452 g/mol. The van der Waals surface area contributed by atoms with E-state index in [1.54, 1.807) is 35.7 Å². The second-order valence-corrected chi connectivity index (χ2v) is 8.16. The molecule has 0 bridgehead atoms. The summed E-state index contributed by atoms with van der Waals surface area (Å²) in [6, 6.07) is 16.8. The van der Waals surface area contributed by atoms with Crippen LogP contribution in [0.1, 0.15) is 16.8 Å². The molecule has 3 aromatic rings. The smallest absolute Gasteiger partial charge is 0.263 e. The third-order valence-electron chi connectivity index (χ3n) is 4.93. The van der Waals surface area contributed by atoms with E-state index < -0.39 is 0 Å². The Labute approximate surface area is 190 Å². The predicted octanol–water partition coefficient (Wildman–Crippen LogP) is 2.97. The van der Waals surface area contributed by atoms with Crippen LogP contribution in [0.2, 0.25) is 0 Å². The topological polar surface area (TPSA) is 94.5 Å². The molecule has 4 rings (SSSR count). The Hall–Kier alpha value is -3.46.